The van der Waals surface area contributed by atoms with Gasteiger partial charge in [-0.3, -0.25) is 4.18 Å². The molecule has 0 aromatic carbocycles. The van der Waals surface area contributed by atoms with Crippen LogP contribution in [0.1, 0.15) is 13.8 Å². The van der Waals surface area contributed by atoms with E-state index in [0.29, 0.717) is 0 Å². The Morgan fingerprint density at radius 3 is 2.64 bits per heavy atom. The van der Waals surface area contributed by atoms with Crippen molar-refractivity contribution in [1.82, 2.24) is 0 Å². The molecule has 22 heavy (non-hydrogen) atoms. The van der Waals surface area contributed by atoms with E-state index in [-0.39, 0.29) is 6.61 Å². The zero-order valence-corrected chi connectivity index (χ0v) is 13.3. The highest BCUT2D eigenvalue weighted by molar-refractivity contribution is 7.84. The van der Waals surface area contributed by atoms with Gasteiger partial charge < -0.3 is 14.2 Å². The van der Waals surface area contributed by atoms with Crippen molar-refractivity contribution in [3.8, 4) is 0 Å². The molecule has 3 fully saturated rings. The van der Waals surface area contributed by atoms with Crippen LogP contribution in [0.2, 0.25) is 0 Å². The third kappa shape index (κ3) is 3.00. The molecule has 3 aliphatic heterocycles. The van der Waals surface area contributed by atoms with Gasteiger partial charge in [-0.05, 0) is 13.8 Å². The van der Waals surface area contributed by atoms with Gasteiger partial charge in [-0.2, -0.15) is 16.8 Å². The van der Waals surface area contributed by atoms with Gasteiger partial charge in [-0.15, -0.1) is 0 Å². The molecule has 0 amide bonds. The summed E-state index contributed by atoms with van der Waals surface area (Å²) >= 11 is 0. The first kappa shape index (κ1) is 16.5. The summed E-state index contributed by atoms with van der Waals surface area (Å²) < 4.78 is 75.6. The Labute approximate surface area is 127 Å². The Balaban J connectivity index is 1.90. The van der Waals surface area contributed by atoms with E-state index in [1.807, 2.05) is 0 Å². The van der Waals surface area contributed by atoms with E-state index in [0.717, 1.165) is 0 Å². The van der Waals surface area contributed by atoms with Crippen molar-refractivity contribution in [2.75, 3.05) is 13.2 Å². The topological polar surface area (TPSA) is 150 Å². The molecule has 3 rings (SSSR count). The third-order valence-electron chi connectivity index (χ3n) is 3.31. The summed E-state index contributed by atoms with van der Waals surface area (Å²) in [5.74, 6) is -2.86. The maximum absolute atomic E-state index is 11.4. The number of hydrogen-bond donors (Lipinski definition) is 1. The molecule has 0 unspecified atom stereocenters. The first-order valence-electron chi connectivity index (χ1n) is 6.22. The van der Waals surface area contributed by atoms with Gasteiger partial charge in [0.05, 0.1) is 6.61 Å². The van der Waals surface area contributed by atoms with E-state index < -0.39 is 57.2 Å². The zero-order valence-electron chi connectivity index (χ0n) is 11.6. The summed E-state index contributed by atoms with van der Waals surface area (Å²) in [5, 5.41) is 4.80. The summed E-state index contributed by atoms with van der Waals surface area (Å²) in [7, 11) is -8.43. The second-order valence-corrected chi connectivity index (χ2v) is 7.94. The Kier molecular flexibility index (Phi) is 3.60. The molecule has 0 aliphatic carbocycles. The minimum atomic E-state index is -4.26. The number of nitrogens with two attached hydrogens (primary N) is 1. The van der Waals surface area contributed by atoms with Crippen molar-refractivity contribution in [3.63, 3.8) is 0 Å². The van der Waals surface area contributed by atoms with Crippen molar-refractivity contribution >= 4 is 20.7 Å². The quantitative estimate of drug-likeness (QED) is 0.604. The predicted molar refractivity (Wildman–Crippen MR) is 66.4 cm³/mol. The molecule has 13 heteroatoms. The van der Waals surface area contributed by atoms with Crippen LogP contribution in [-0.4, -0.2) is 59.9 Å². The molecule has 128 valence electrons. The molecule has 3 heterocycles. The minimum Gasteiger partial charge on any atom is -0.343 e. The van der Waals surface area contributed by atoms with E-state index in [4.69, 9.17) is 27.7 Å². The second-order valence-electron chi connectivity index (χ2n) is 5.52. The summed E-state index contributed by atoms with van der Waals surface area (Å²) in [6, 6.07) is 0. The van der Waals surface area contributed by atoms with Gasteiger partial charge in [0, 0.05) is 0 Å². The van der Waals surface area contributed by atoms with Crippen LogP contribution in [0.4, 0.5) is 0 Å². The van der Waals surface area contributed by atoms with Gasteiger partial charge >= 0.3 is 20.7 Å². The molecule has 0 spiro atoms. The van der Waals surface area contributed by atoms with E-state index >= 15 is 0 Å². The fourth-order valence-electron chi connectivity index (χ4n) is 2.66. The molecule has 3 aliphatic rings. The number of rotatable bonds is 3. The van der Waals surface area contributed by atoms with Crippen molar-refractivity contribution in [2.24, 2.45) is 5.14 Å². The molecule has 3 saturated heterocycles. The van der Waals surface area contributed by atoms with Gasteiger partial charge in [-0.25, -0.2) is 13.5 Å². The number of fused-ring (bicyclic) bond motifs is 3. The van der Waals surface area contributed by atoms with Crippen molar-refractivity contribution in [3.05, 3.63) is 0 Å². The largest absolute Gasteiger partial charge is 0.400 e. The molecular weight excluding hydrogens is 346 g/mol. The normalized spacial score (nSPS) is 42.8. The van der Waals surface area contributed by atoms with Crippen LogP contribution in [0.25, 0.3) is 0 Å². The Bertz CT molecular complexity index is 673. The molecule has 4 atom stereocenters. The summed E-state index contributed by atoms with van der Waals surface area (Å²) in [5.41, 5.74) is 0. The SMILES string of the molecule is CC1(C)O[C@H]2[C@H]3OS(=O)(=O)O[C@H]3CO[C@@]2(COS(N)(=O)=O)O1. The fraction of sp³-hybridized carbons (Fsp3) is 1.00. The van der Waals surface area contributed by atoms with Gasteiger partial charge in [0.2, 0.25) is 5.79 Å². The van der Waals surface area contributed by atoms with E-state index in [2.05, 4.69) is 4.18 Å². The Morgan fingerprint density at radius 1 is 1.32 bits per heavy atom. The van der Waals surface area contributed by atoms with Crippen LogP contribution < -0.4 is 5.14 Å². The molecule has 0 aromatic heterocycles. The highest BCUT2D eigenvalue weighted by Gasteiger charge is 2.66. The van der Waals surface area contributed by atoms with Crippen molar-refractivity contribution < 1.29 is 43.6 Å². The lowest BCUT2D eigenvalue weighted by Crippen LogP contribution is -2.60. The van der Waals surface area contributed by atoms with E-state index in [9.17, 15) is 16.8 Å². The average Bonchev–Trinajstić information content (AvgIpc) is 2.78. The minimum absolute atomic E-state index is 0.214. The lowest BCUT2D eigenvalue weighted by Gasteiger charge is -2.39. The standard InChI is InChI=1S/C9H15NO10S2/c1-8(2)17-7-6-5(18-22(13,14)19-6)3-15-9(7,20-8)4-16-21(10,11)12/h5-7H,3-4H2,1-2H3,(H2,10,11,12)/t5-,6-,7-,9-/m0/s1. The van der Waals surface area contributed by atoms with Gasteiger partial charge in [0.25, 0.3) is 0 Å². The molecule has 0 saturated carbocycles. The third-order valence-corrected chi connectivity index (χ3v) is 4.70. The first-order valence-corrected chi connectivity index (χ1v) is 9.03. The summed E-state index contributed by atoms with van der Waals surface area (Å²) in [6.07, 6.45) is -3.06. The predicted octanol–water partition coefficient (Wildman–Crippen LogP) is -1.89. The molecule has 2 N–H and O–H groups in total. The van der Waals surface area contributed by atoms with E-state index in [1.54, 1.807) is 13.8 Å². The van der Waals surface area contributed by atoms with Crippen LogP contribution in [0.15, 0.2) is 0 Å². The molecule has 11 nitrogen and oxygen atoms in total. The first-order chi connectivity index (χ1) is 9.92. The van der Waals surface area contributed by atoms with Gasteiger partial charge in [0.1, 0.15) is 24.9 Å². The van der Waals surface area contributed by atoms with E-state index in [1.165, 1.54) is 0 Å². The zero-order chi connectivity index (χ0) is 16.4. The highest BCUT2D eigenvalue weighted by atomic mass is 32.3. The maximum Gasteiger partial charge on any atom is 0.400 e. The fourth-order valence-corrected chi connectivity index (χ4v) is 4.00. The van der Waals surface area contributed by atoms with Crippen molar-refractivity contribution in [2.45, 2.75) is 43.7 Å². The van der Waals surface area contributed by atoms with Gasteiger partial charge in [-0.1, -0.05) is 0 Å². The van der Waals surface area contributed by atoms with Crippen LogP contribution in [-0.2, 0) is 47.5 Å². The average molecular weight is 361 g/mol. The molecule has 0 aromatic rings. The lowest BCUT2D eigenvalue weighted by atomic mass is 9.98. The summed E-state index contributed by atoms with van der Waals surface area (Å²) in [4.78, 5) is 0. The maximum atomic E-state index is 11.4. The number of ether oxygens (including phenoxy) is 3. The monoisotopic (exact) mass is 361 g/mol. The second kappa shape index (κ2) is 4.81. The van der Waals surface area contributed by atoms with Crippen LogP contribution in [0, 0.1) is 0 Å². The lowest BCUT2D eigenvalue weighted by molar-refractivity contribution is -0.290. The molecular formula is C9H15NO10S2. The Morgan fingerprint density at radius 2 is 2.00 bits per heavy atom. The van der Waals surface area contributed by atoms with Crippen LogP contribution in [0.3, 0.4) is 0 Å². The van der Waals surface area contributed by atoms with Gasteiger partial charge in [0.15, 0.2) is 5.79 Å². The smallest absolute Gasteiger partial charge is 0.343 e. The Hall–Kier alpha value is -0.380. The molecule has 0 radical (unpaired) electrons. The van der Waals surface area contributed by atoms with Crippen LogP contribution in [0.5, 0.6) is 0 Å². The van der Waals surface area contributed by atoms with Crippen molar-refractivity contribution in [1.29, 1.82) is 0 Å². The number of hydrogen-bond acceptors (Lipinski definition) is 10. The molecule has 0 bridgehead atoms. The van der Waals surface area contributed by atoms with Crippen LogP contribution >= 0.6 is 0 Å². The highest BCUT2D eigenvalue weighted by Crippen LogP contribution is 2.46. The summed E-state index contributed by atoms with van der Waals surface area (Å²) in [6.45, 7) is 2.26.